The molecule has 1 aromatic heterocycles. The van der Waals surface area contributed by atoms with E-state index in [9.17, 15) is 4.39 Å². The summed E-state index contributed by atoms with van der Waals surface area (Å²) in [4.78, 5) is 2.31. The number of anilines is 2. The lowest BCUT2D eigenvalue weighted by atomic mass is 10.1. The van der Waals surface area contributed by atoms with E-state index < -0.39 is 0 Å². The van der Waals surface area contributed by atoms with Crippen molar-refractivity contribution in [3.05, 3.63) is 94.3 Å². The van der Waals surface area contributed by atoms with Gasteiger partial charge in [-0.2, -0.15) is 5.10 Å². The first kappa shape index (κ1) is 23.5. The summed E-state index contributed by atoms with van der Waals surface area (Å²) in [6.07, 6.45) is 2.61. The minimum Gasteiger partial charge on any atom is -0.397 e. The van der Waals surface area contributed by atoms with Gasteiger partial charge in [-0.15, -0.1) is 0 Å². The average molecular weight is 536 g/mol. The van der Waals surface area contributed by atoms with E-state index >= 15 is 0 Å². The molecule has 6 nitrogen and oxygen atoms in total. The molecular weight excluding hydrogens is 509 g/mol. The van der Waals surface area contributed by atoms with Gasteiger partial charge in [-0.1, -0.05) is 22.0 Å². The second kappa shape index (κ2) is 9.81. The highest BCUT2D eigenvalue weighted by Gasteiger charge is 2.34. The number of hydrogen-bond donors (Lipinski definition) is 2. The van der Waals surface area contributed by atoms with Crippen molar-refractivity contribution in [3.8, 4) is 16.9 Å². The van der Waals surface area contributed by atoms with Crippen LogP contribution in [0.25, 0.3) is 16.9 Å². The maximum Gasteiger partial charge on any atom is 0.140 e. The van der Waals surface area contributed by atoms with Crippen molar-refractivity contribution in [2.45, 2.75) is 25.7 Å². The average Bonchev–Trinajstić information content (AvgIpc) is 3.44. The van der Waals surface area contributed by atoms with Gasteiger partial charge in [-0.05, 0) is 79.6 Å². The number of rotatable bonds is 6. The van der Waals surface area contributed by atoms with Crippen molar-refractivity contribution in [3.63, 3.8) is 0 Å². The fraction of sp³-hybridized carbons (Fsp3) is 0.222. The highest BCUT2D eigenvalue weighted by molar-refractivity contribution is 9.10. The van der Waals surface area contributed by atoms with E-state index in [1.165, 1.54) is 12.1 Å². The predicted molar refractivity (Wildman–Crippen MR) is 140 cm³/mol. The number of halogens is 2. The largest absolute Gasteiger partial charge is 0.397 e. The number of ether oxygens (including phenoxy) is 1. The fourth-order valence-corrected chi connectivity index (χ4v) is 4.70. The maximum atomic E-state index is 13.7. The molecule has 3 aromatic carbocycles. The maximum absolute atomic E-state index is 13.7. The molecule has 180 valence electrons. The number of nitrogens with two attached hydrogens (primary N) is 2. The molecule has 8 heteroatoms. The number of benzene rings is 3. The molecule has 35 heavy (non-hydrogen) atoms. The number of nitrogens with zero attached hydrogens (tertiary/aromatic N) is 3. The molecule has 1 fully saturated rings. The predicted octanol–water partition coefficient (Wildman–Crippen LogP) is 5.57. The van der Waals surface area contributed by atoms with E-state index in [1.807, 2.05) is 53.3 Å². The summed E-state index contributed by atoms with van der Waals surface area (Å²) >= 11 is 3.49. The minimum atomic E-state index is -0.280. The van der Waals surface area contributed by atoms with Crippen LogP contribution in [0.15, 0.2) is 77.4 Å². The molecule has 0 bridgehead atoms. The lowest BCUT2D eigenvalue weighted by Crippen LogP contribution is -2.27. The molecule has 0 saturated carbocycles. The SMILES string of the molecule is C[C@H]1CN(CCc2ccc(N)c(N)c2)[C@H](c2cn(-c3ccc(Br)cc3)nc2-c2ccc(F)cc2)O1. The summed E-state index contributed by atoms with van der Waals surface area (Å²) in [6, 6.07) is 20.2. The first-order chi connectivity index (χ1) is 16.9. The summed E-state index contributed by atoms with van der Waals surface area (Å²) < 4.78 is 22.9. The number of hydrogen-bond acceptors (Lipinski definition) is 5. The van der Waals surface area contributed by atoms with E-state index in [2.05, 4.69) is 27.8 Å². The molecule has 1 aliphatic rings. The van der Waals surface area contributed by atoms with Gasteiger partial charge in [0.2, 0.25) is 0 Å². The summed E-state index contributed by atoms with van der Waals surface area (Å²) in [5, 5.41) is 4.90. The first-order valence-corrected chi connectivity index (χ1v) is 12.3. The summed E-state index contributed by atoms with van der Waals surface area (Å²) in [6.45, 7) is 3.65. The van der Waals surface area contributed by atoms with Crippen LogP contribution in [0.5, 0.6) is 0 Å². The standard InChI is InChI=1S/C27H27BrFN5O/c1-17-15-33(13-12-18-2-11-24(30)25(31)14-18)27(35-17)23-16-34(22-9-5-20(28)6-10-22)32-26(23)19-3-7-21(29)8-4-19/h2-11,14,16-17,27H,12-13,15,30-31H2,1H3/t17-,27-/m0/s1. The molecule has 0 spiro atoms. The summed E-state index contributed by atoms with van der Waals surface area (Å²) in [7, 11) is 0. The van der Waals surface area contributed by atoms with Crippen molar-refractivity contribution in [1.82, 2.24) is 14.7 Å². The molecule has 0 radical (unpaired) electrons. The van der Waals surface area contributed by atoms with Gasteiger partial charge in [0.15, 0.2) is 0 Å². The highest BCUT2D eigenvalue weighted by Crippen LogP contribution is 2.37. The van der Waals surface area contributed by atoms with Gasteiger partial charge in [0.05, 0.1) is 28.9 Å². The molecule has 4 aromatic rings. The molecule has 2 atom stereocenters. The fourth-order valence-electron chi connectivity index (χ4n) is 4.43. The Labute approximate surface area is 212 Å². The molecule has 0 amide bonds. The van der Waals surface area contributed by atoms with E-state index in [0.717, 1.165) is 52.1 Å². The van der Waals surface area contributed by atoms with E-state index in [0.29, 0.717) is 11.4 Å². The van der Waals surface area contributed by atoms with Crippen molar-refractivity contribution in [2.75, 3.05) is 24.6 Å². The molecule has 0 aliphatic carbocycles. The van der Waals surface area contributed by atoms with Crippen LogP contribution in [-0.2, 0) is 11.2 Å². The Morgan fingerprint density at radius 2 is 1.77 bits per heavy atom. The van der Waals surface area contributed by atoms with E-state index in [4.69, 9.17) is 21.3 Å². The van der Waals surface area contributed by atoms with Crippen LogP contribution in [0.2, 0.25) is 0 Å². The molecular formula is C27H27BrFN5O. The van der Waals surface area contributed by atoms with Crippen LogP contribution in [0, 0.1) is 5.82 Å². The van der Waals surface area contributed by atoms with Crippen LogP contribution in [0.3, 0.4) is 0 Å². The lowest BCUT2D eigenvalue weighted by molar-refractivity contribution is 0.00522. The molecule has 1 saturated heterocycles. The molecule has 5 rings (SSSR count). The quantitative estimate of drug-likeness (QED) is 0.315. The lowest BCUT2D eigenvalue weighted by Gasteiger charge is -2.23. The number of aromatic nitrogens is 2. The zero-order valence-electron chi connectivity index (χ0n) is 19.4. The van der Waals surface area contributed by atoms with E-state index in [-0.39, 0.29) is 18.1 Å². The van der Waals surface area contributed by atoms with Crippen LogP contribution < -0.4 is 11.5 Å². The minimum absolute atomic E-state index is 0.0635. The van der Waals surface area contributed by atoms with Gasteiger partial charge < -0.3 is 16.2 Å². The van der Waals surface area contributed by atoms with Gasteiger partial charge in [0.1, 0.15) is 12.0 Å². The Morgan fingerprint density at radius 3 is 2.49 bits per heavy atom. The van der Waals surface area contributed by atoms with Crippen molar-refractivity contribution in [2.24, 2.45) is 0 Å². The molecule has 4 N–H and O–H groups in total. The first-order valence-electron chi connectivity index (χ1n) is 11.5. The third-order valence-corrected chi connectivity index (χ3v) is 6.77. The third-order valence-electron chi connectivity index (χ3n) is 6.24. The molecule has 1 aliphatic heterocycles. The van der Waals surface area contributed by atoms with E-state index in [1.54, 1.807) is 12.1 Å². The van der Waals surface area contributed by atoms with Gasteiger partial charge in [0.25, 0.3) is 0 Å². The second-order valence-corrected chi connectivity index (χ2v) is 9.78. The van der Waals surface area contributed by atoms with Gasteiger partial charge in [0, 0.05) is 34.9 Å². The van der Waals surface area contributed by atoms with Crippen molar-refractivity contribution < 1.29 is 9.13 Å². The van der Waals surface area contributed by atoms with Crippen LogP contribution >= 0.6 is 15.9 Å². The van der Waals surface area contributed by atoms with Gasteiger partial charge in [-0.25, -0.2) is 9.07 Å². The summed E-state index contributed by atoms with van der Waals surface area (Å²) in [5.74, 6) is -0.280. The Hall–Kier alpha value is -3.20. The van der Waals surface area contributed by atoms with Crippen molar-refractivity contribution >= 4 is 27.3 Å². The van der Waals surface area contributed by atoms with Crippen LogP contribution in [0.1, 0.15) is 24.3 Å². The van der Waals surface area contributed by atoms with Crippen LogP contribution in [-0.4, -0.2) is 33.9 Å². The smallest absolute Gasteiger partial charge is 0.140 e. The van der Waals surface area contributed by atoms with Crippen molar-refractivity contribution in [1.29, 1.82) is 0 Å². The zero-order valence-corrected chi connectivity index (χ0v) is 21.0. The van der Waals surface area contributed by atoms with Gasteiger partial charge in [-0.3, -0.25) is 4.90 Å². The Kier molecular flexibility index (Phi) is 6.60. The zero-order chi connectivity index (χ0) is 24.5. The second-order valence-electron chi connectivity index (χ2n) is 8.87. The Bertz CT molecular complexity index is 1320. The molecule has 2 heterocycles. The normalized spacial score (nSPS) is 18.3. The Balaban J connectivity index is 1.49. The van der Waals surface area contributed by atoms with Crippen LogP contribution in [0.4, 0.5) is 15.8 Å². The third kappa shape index (κ3) is 5.10. The Morgan fingerprint density at radius 1 is 1.03 bits per heavy atom. The van der Waals surface area contributed by atoms with Gasteiger partial charge >= 0.3 is 0 Å². The highest BCUT2D eigenvalue weighted by atomic mass is 79.9. The monoisotopic (exact) mass is 535 g/mol. The number of nitrogen functional groups attached to an aromatic ring is 2. The topological polar surface area (TPSA) is 82.3 Å². The summed E-state index contributed by atoms with van der Waals surface area (Å²) in [5.41, 5.74) is 17.7. The molecule has 0 unspecified atom stereocenters.